The van der Waals surface area contributed by atoms with Gasteiger partial charge in [0.25, 0.3) is 0 Å². The largest absolute Gasteiger partial charge is 0.236 e. The number of hydrogen-bond acceptors (Lipinski definition) is 1. The molecule has 0 amide bonds. The smallest absolute Gasteiger partial charge is 0.133 e. The molecule has 1 heterocycles. The average molecular weight is 335 g/mol. The molecule has 0 aliphatic carbocycles. The molecule has 19 heavy (non-hydrogen) atoms. The van der Waals surface area contributed by atoms with E-state index in [0.29, 0.717) is 11.6 Å². The Balaban J connectivity index is 2.37. The predicted molar refractivity (Wildman–Crippen MR) is 86.6 cm³/mol. The van der Waals surface area contributed by atoms with Crippen LogP contribution in [0.15, 0.2) is 65.7 Å². The monoisotopic (exact) mass is 333 g/mol. The molecule has 0 saturated carbocycles. The highest BCUT2D eigenvalue weighted by Gasteiger charge is 2.06. The molecule has 96 valence electrons. The minimum absolute atomic E-state index is 0.531. The van der Waals surface area contributed by atoms with Gasteiger partial charge in [0.15, 0.2) is 0 Å². The van der Waals surface area contributed by atoms with E-state index in [1.165, 1.54) is 0 Å². The molecule has 0 bridgehead atoms. The molecule has 1 nitrogen and oxygen atoms in total. The lowest BCUT2D eigenvalue weighted by atomic mass is 10.1. The van der Waals surface area contributed by atoms with Crippen LogP contribution in [0.2, 0.25) is 5.15 Å². The lowest BCUT2D eigenvalue weighted by Gasteiger charge is -2.06. The van der Waals surface area contributed by atoms with Gasteiger partial charge in [0, 0.05) is 9.86 Å². The Morgan fingerprint density at radius 2 is 2.16 bits per heavy atom. The average Bonchev–Trinajstić information content (AvgIpc) is 2.38. The molecule has 0 spiro atoms. The van der Waals surface area contributed by atoms with E-state index in [0.717, 1.165) is 26.5 Å². The van der Waals surface area contributed by atoms with E-state index in [9.17, 15) is 0 Å². The predicted octanol–water partition coefficient (Wildman–Crippen LogP) is 5.49. The van der Waals surface area contributed by atoms with Gasteiger partial charge in [-0.2, -0.15) is 0 Å². The fourth-order valence-corrected chi connectivity index (χ4v) is 2.39. The first-order chi connectivity index (χ1) is 9.10. The number of hydrogen-bond donors (Lipinski definition) is 0. The fourth-order valence-electron chi connectivity index (χ4n) is 1.80. The van der Waals surface area contributed by atoms with Crippen LogP contribution in [0.1, 0.15) is 5.56 Å². The Morgan fingerprint density at radius 1 is 1.37 bits per heavy atom. The van der Waals surface area contributed by atoms with Crippen LogP contribution in [-0.4, -0.2) is 4.98 Å². The SMILES string of the molecule is C=C/C=C\C(=C)Cc1cc2cc(Br)ccc2nc1Cl. The van der Waals surface area contributed by atoms with Crippen LogP contribution in [0.25, 0.3) is 10.9 Å². The lowest BCUT2D eigenvalue weighted by Crippen LogP contribution is -1.92. The number of aromatic nitrogens is 1. The summed E-state index contributed by atoms with van der Waals surface area (Å²) in [6.45, 7) is 7.63. The zero-order chi connectivity index (χ0) is 13.8. The van der Waals surface area contributed by atoms with Crippen molar-refractivity contribution in [3.8, 4) is 0 Å². The third-order valence-corrected chi connectivity index (χ3v) is 3.51. The van der Waals surface area contributed by atoms with Crippen molar-refractivity contribution in [2.75, 3.05) is 0 Å². The molecule has 0 aliphatic rings. The Morgan fingerprint density at radius 3 is 2.89 bits per heavy atom. The van der Waals surface area contributed by atoms with Gasteiger partial charge in [0.2, 0.25) is 0 Å². The molecular weight excluding hydrogens is 322 g/mol. The van der Waals surface area contributed by atoms with E-state index in [2.05, 4.69) is 40.1 Å². The van der Waals surface area contributed by atoms with Gasteiger partial charge in [-0.15, -0.1) is 0 Å². The zero-order valence-electron chi connectivity index (χ0n) is 10.4. The first kappa shape index (κ1) is 14.0. The summed E-state index contributed by atoms with van der Waals surface area (Å²) in [4.78, 5) is 4.41. The van der Waals surface area contributed by atoms with Crippen molar-refractivity contribution in [3.05, 3.63) is 76.4 Å². The molecule has 0 aliphatic heterocycles. The van der Waals surface area contributed by atoms with Gasteiger partial charge < -0.3 is 0 Å². The van der Waals surface area contributed by atoms with Crippen LogP contribution in [-0.2, 0) is 6.42 Å². The highest BCUT2D eigenvalue weighted by atomic mass is 79.9. The summed E-state index contributed by atoms with van der Waals surface area (Å²) in [6, 6.07) is 7.99. The van der Waals surface area contributed by atoms with Crippen LogP contribution < -0.4 is 0 Å². The second-order valence-corrected chi connectivity index (χ2v) is 5.48. The van der Waals surface area contributed by atoms with Gasteiger partial charge in [-0.1, -0.05) is 64.5 Å². The molecule has 0 radical (unpaired) electrons. The molecule has 0 N–H and O–H groups in total. The second-order valence-electron chi connectivity index (χ2n) is 4.21. The van der Waals surface area contributed by atoms with E-state index in [1.54, 1.807) is 6.08 Å². The van der Waals surface area contributed by atoms with Crippen molar-refractivity contribution in [2.45, 2.75) is 6.42 Å². The molecule has 0 saturated heterocycles. The highest BCUT2D eigenvalue weighted by Crippen LogP contribution is 2.25. The molecule has 2 rings (SSSR count). The number of benzene rings is 1. The first-order valence-corrected chi connectivity index (χ1v) is 6.99. The molecule has 0 unspecified atom stereocenters. The number of halogens is 2. The molecule has 2 aromatic rings. The van der Waals surface area contributed by atoms with Crippen molar-refractivity contribution in [1.82, 2.24) is 4.98 Å². The quantitative estimate of drug-likeness (QED) is 0.532. The van der Waals surface area contributed by atoms with Crippen molar-refractivity contribution in [2.24, 2.45) is 0 Å². The molecule has 0 atom stereocenters. The van der Waals surface area contributed by atoms with Gasteiger partial charge >= 0.3 is 0 Å². The molecule has 0 fully saturated rings. The van der Waals surface area contributed by atoms with E-state index in [4.69, 9.17) is 11.6 Å². The number of fused-ring (bicyclic) bond motifs is 1. The van der Waals surface area contributed by atoms with Gasteiger partial charge in [-0.3, -0.25) is 0 Å². The van der Waals surface area contributed by atoms with E-state index >= 15 is 0 Å². The summed E-state index contributed by atoms with van der Waals surface area (Å²) < 4.78 is 1.03. The van der Waals surface area contributed by atoms with Gasteiger partial charge in [0.05, 0.1) is 5.52 Å². The van der Waals surface area contributed by atoms with Gasteiger partial charge in [-0.05, 0) is 36.2 Å². The summed E-state index contributed by atoms with van der Waals surface area (Å²) in [5.74, 6) is 0. The van der Waals surface area contributed by atoms with Crippen LogP contribution in [0.3, 0.4) is 0 Å². The maximum absolute atomic E-state index is 6.21. The Bertz CT molecular complexity index is 674. The molecule has 1 aromatic heterocycles. The number of pyridine rings is 1. The van der Waals surface area contributed by atoms with Crippen molar-refractivity contribution in [3.63, 3.8) is 0 Å². The van der Waals surface area contributed by atoms with Crippen LogP contribution in [0.5, 0.6) is 0 Å². The topological polar surface area (TPSA) is 12.9 Å². The number of rotatable bonds is 4. The maximum Gasteiger partial charge on any atom is 0.133 e. The standard InChI is InChI=1S/C16H13BrClN/c1-3-4-5-11(2)8-13-9-12-10-14(17)6-7-15(12)19-16(13)18/h3-7,9-10H,1-2,8H2/b5-4-. The van der Waals surface area contributed by atoms with Crippen molar-refractivity contribution in [1.29, 1.82) is 0 Å². The molecule has 1 aromatic carbocycles. The Hall–Kier alpha value is -1.38. The zero-order valence-corrected chi connectivity index (χ0v) is 12.7. The van der Waals surface area contributed by atoms with Gasteiger partial charge in [-0.25, -0.2) is 4.98 Å². The Kier molecular flexibility index (Phi) is 4.56. The third kappa shape index (κ3) is 3.55. The molecular formula is C16H13BrClN. The van der Waals surface area contributed by atoms with E-state index < -0.39 is 0 Å². The van der Waals surface area contributed by atoms with E-state index in [-0.39, 0.29) is 0 Å². The van der Waals surface area contributed by atoms with Crippen LogP contribution in [0.4, 0.5) is 0 Å². The number of allylic oxidation sites excluding steroid dienone is 4. The maximum atomic E-state index is 6.21. The third-order valence-electron chi connectivity index (χ3n) is 2.69. The summed E-state index contributed by atoms with van der Waals surface area (Å²) in [6.07, 6.45) is 6.19. The highest BCUT2D eigenvalue weighted by molar-refractivity contribution is 9.10. The summed E-state index contributed by atoms with van der Waals surface area (Å²) in [7, 11) is 0. The number of nitrogens with zero attached hydrogens (tertiary/aromatic N) is 1. The normalized spacial score (nSPS) is 11.1. The minimum atomic E-state index is 0.531. The summed E-state index contributed by atoms with van der Waals surface area (Å²) >= 11 is 9.67. The summed E-state index contributed by atoms with van der Waals surface area (Å²) in [5.41, 5.74) is 2.84. The lowest BCUT2D eigenvalue weighted by molar-refractivity contribution is 1.18. The van der Waals surface area contributed by atoms with Crippen molar-refractivity contribution >= 4 is 38.4 Å². The second kappa shape index (κ2) is 6.18. The minimum Gasteiger partial charge on any atom is -0.236 e. The van der Waals surface area contributed by atoms with Crippen LogP contribution in [0, 0.1) is 0 Å². The molecule has 3 heteroatoms. The fraction of sp³-hybridized carbons (Fsp3) is 0.0625. The van der Waals surface area contributed by atoms with E-state index in [1.807, 2.05) is 30.4 Å². The van der Waals surface area contributed by atoms with Crippen molar-refractivity contribution < 1.29 is 0 Å². The first-order valence-electron chi connectivity index (χ1n) is 5.81. The van der Waals surface area contributed by atoms with Crippen LogP contribution >= 0.6 is 27.5 Å². The van der Waals surface area contributed by atoms with Gasteiger partial charge in [0.1, 0.15) is 5.15 Å². The Labute approximate surface area is 126 Å². The summed E-state index contributed by atoms with van der Waals surface area (Å²) in [5, 5.41) is 1.59.